The van der Waals surface area contributed by atoms with Crippen LogP contribution in [0.3, 0.4) is 0 Å². The van der Waals surface area contributed by atoms with Crippen LogP contribution in [-0.2, 0) is 4.79 Å². The van der Waals surface area contributed by atoms with E-state index in [1.807, 2.05) is 13.8 Å². The van der Waals surface area contributed by atoms with Crippen molar-refractivity contribution < 1.29 is 18.0 Å². The average Bonchev–Trinajstić information content (AvgIpc) is 2.01. The molecule has 0 aromatic rings. The summed E-state index contributed by atoms with van der Waals surface area (Å²) in [4.78, 5) is 11.5. The van der Waals surface area contributed by atoms with Crippen LogP contribution in [0.25, 0.3) is 0 Å². The number of nitrogens with zero attached hydrogens (tertiary/aromatic N) is 1. The molecule has 0 saturated heterocycles. The molecule has 0 fully saturated rings. The molecule has 0 atom stereocenters. The molecule has 0 aromatic heterocycles. The van der Waals surface area contributed by atoms with E-state index >= 15 is 0 Å². The van der Waals surface area contributed by atoms with E-state index in [1.165, 1.54) is 6.20 Å². The van der Waals surface area contributed by atoms with E-state index in [0.29, 0.717) is 11.3 Å². The lowest BCUT2D eigenvalue weighted by Crippen LogP contribution is -2.41. The van der Waals surface area contributed by atoms with Crippen molar-refractivity contribution in [1.82, 2.24) is 4.90 Å². The highest BCUT2D eigenvalue weighted by Gasteiger charge is 2.42. The molecule has 0 saturated carbocycles. The van der Waals surface area contributed by atoms with E-state index in [9.17, 15) is 18.0 Å². The Labute approximate surface area is 80.4 Å². The number of allylic oxidation sites excluding steroid dienone is 1. The third kappa shape index (κ3) is 2.49. The summed E-state index contributed by atoms with van der Waals surface area (Å²) in [5.41, 5.74) is -0.123. The Morgan fingerprint density at radius 1 is 1.43 bits per heavy atom. The fourth-order valence-corrected chi connectivity index (χ4v) is 1.19. The third-order valence-electron chi connectivity index (χ3n) is 2.21. The normalized spacial score (nSPS) is 21.1. The maximum Gasteiger partial charge on any atom is 0.471 e. The van der Waals surface area contributed by atoms with Gasteiger partial charge in [-0.1, -0.05) is 19.9 Å². The fraction of sp³-hybridized carbons (Fsp3) is 0.667. The summed E-state index contributed by atoms with van der Waals surface area (Å²) in [7, 11) is 0. The number of amides is 1. The second-order valence-corrected chi connectivity index (χ2v) is 4.05. The van der Waals surface area contributed by atoms with Gasteiger partial charge >= 0.3 is 12.1 Å². The minimum absolute atomic E-state index is 0.123. The summed E-state index contributed by atoms with van der Waals surface area (Å²) in [6, 6.07) is 0. The molecule has 5 heteroatoms. The second kappa shape index (κ2) is 3.29. The Hall–Kier alpha value is -1.00. The molecule has 0 radical (unpaired) electrons. The lowest BCUT2D eigenvalue weighted by atomic mass is 9.87. The molecule has 1 heterocycles. The molecule has 14 heavy (non-hydrogen) atoms. The second-order valence-electron chi connectivity index (χ2n) is 4.05. The first-order valence-corrected chi connectivity index (χ1v) is 4.29. The number of hydrogen-bond acceptors (Lipinski definition) is 1. The standard InChI is InChI=1S/C9H12F3NO/c1-8(2)3-5-13(6-4-8)7(14)9(10,11)12/h3,5H,4,6H2,1-2H3. The van der Waals surface area contributed by atoms with Gasteiger partial charge in [0.25, 0.3) is 0 Å². The number of alkyl halides is 3. The van der Waals surface area contributed by atoms with Crippen LogP contribution in [0.5, 0.6) is 0 Å². The molecule has 1 rings (SSSR count). The summed E-state index contributed by atoms with van der Waals surface area (Å²) in [5.74, 6) is -1.79. The average molecular weight is 207 g/mol. The lowest BCUT2D eigenvalue weighted by Gasteiger charge is -2.31. The van der Waals surface area contributed by atoms with Gasteiger partial charge in [-0.2, -0.15) is 13.2 Å². The largest absolute Gasteiger partial charge is 0.471 e. The number of carbonyl (C=O) groups excluding carboxylic acids is 1. The molecule has 1 aliphatic heterocycles. The van der Waals surface area contributed by atoms with Crippen LogP contribution >= 0.6 is 0 Å². The molecule has 0 spiro atoms. The maximum absolute atomic E-state index is 12.0. The predicted molar refractivity (Wildman–Crippen MR) is 45.3 cm³/mol. The summed E-state index contributed by atoms with van der Waals surface area (Å²) in [5, 5.41) is 0. The van der Waals surface area contributed by atoms with Crippen LogP contribution in [0.2, 0.25) is 0 Å². The van der Waals surface area contributed by atoms with E-state index in [0.717, 1.165) is 0 Å². The Kier molecular flexibility index (Phi) is 2.61. The van der Waals surface area contributed by atoms with Crippen molar-refractivity contribution in [3.8, 4) is 0 Å². The van der Waals surface area contributed by atoms with Gasteiger partial charge in [0.1, 0.15) is 0 Å². The molecule has 1 aliphatic rings. The predicted octanol–water partition coefficient (Wildman–Crippen LogP) is 2.32. The molecule has 0 aromatic carbocycles. The SMILES string of the molecule is CC1(C)C=CN(C(=O)C(F)(F)F)CC1. The Morgan fingerprint density at radius 3 is 2.36 bits per heavy atom. The lowest BCUT2D eigenvalue weighted by molar-refractivity contribution is -0.183. The molecule has 1 amide bonds. The first-order chi connectivity index (χ1) is 6.22. The van der Waals surface area contributed by atoms with Gasteiger partial charge in [-0.25, -0.2) is 0 Å². The molecule has 0 bridgehead atoms. The van der Waals surface area contributed by atoms with Crippen LogP contribution in [0.4, 0.5) is 13.2 Å². The number of carbonyl (C=O) groups is 1. The van der Waals surface area contributed by atoms with Crippen LogP contribution < -0.4 is 0 Å². The molecule has 0 unspecified atom stereocenters. The van der Waals surface area contributed by atoms with Crippen LogP contribution in [0, 0.1) is 5.41 Å². The van der Waals surface area contributed by atoms with Crippen molar-refractivity contribution in [1.29, 1.82) is 0 Å². The molecule has 0 aliphatic carbocycles. The molecular weight excluding hydrogens is 195 g/mol. The molecular formula is C9H12F3NO. The first-order valence-electron chi connectivity index (χ1n) is 4.29. The summed E-state index contributed by atoms with van der Waals surface area (Å²) in [6.45, 7) is 3.96. The Bertz CT molecular complexity index is 268. The van der Waals surface area contributed by atoms with Gasteiger partial charge in [-0.3, -0.25) is 4.79 Å². The summed E-state index contributed by atoms with van der Waals surface area (Å²) < 4.78 is 36.0. The zero-order valence-corrected chi connectivity index (χ0v) is 8.06. The number of rotatable bonds is 0. The molecule has 0 N–H and O–H groups in total. The van der Waals surface area contributed by atoms with E-state index in [2.05, 4.69) is 0 Å². The Morgan fingerprint density at radius 2 is 2.00 bits per heavy atom. The van der Waals surface area contributed by atoms with Gasteiger partial charge in [0.15, 0.2) is 0 Å². The smallest absolute Gasteiger partial charge is 0.312 e. The van der Waals surface area contributed by atoms with Crippen molar-refractivity contribution >= 4 is 5.91 Å². The van der Waals surface area contributed by atoms with Gasteiger partial charge < -0.3 is 4.90 Å². The van der Waals surface area contributed by atoms with Crippen LogP contribution in [0.1, 0.15) is 20.3 Å². The van der Waals surface area contributed by atoms with Gasteiger partial charge in [0, 0.05) is 12.7 Å². The third-order valence-corrected chi connectivity index (χ3v) is 2.21. The zero-order chi connectivity index (χ0) is 11.0. The van der Waals surface area contributed by atoms with E-state index in [1.54, 1.807) is 6.08 Å². The van der Waals surface area contributed by atoms with Crippen molar-refractivity contribution in [2.45, 2.75) is 26.4 Å². The zero-order valence-electron chi connectivity index (χ0n) is 8.06. The van der Waals surface area contributed by atoms with E-state index in [-0.39, 0.29) is 12.0 Å². The monoisotopic (exact) mass is 207 g/mol. The summed E-state index contributed by atoms with van der Waals surface area (Å²) in [6.07, 6.45) is -1.38. The van der Waals surface area contributed by atoms with Crippen molar-refractivity contribution in [3.63, 3.8) is 0 Å². The quantitative estimate of drug-likeness (QED) is 0.597. The Balaban J connectivity index is 2.71. The van der Waals surface area contributed by atoms with Crippen LogP contribution in [0.15, 0.2) is 12.3 Å². The van der Waals surface area contributed by atoms with Crippen molar-refractivity contribution in [2.24, 2.45) is 5.41 Å². The topological polar surface area (TPSA) is 20.3 Å². The van der Waals surface area contributed by atoms with E-state index < -0.39 is 12.1 Å². The number of hydrogen-bond donors (Lipinski definition) is 0. The highest BCUT2D eigenvalue weighted by atomic mass is 19.4. The minimum Gasteiger partial charge on any atom is -0.312 e. The van der Waals surface area contributed by atoms with Crippen molar-refractivity contribution in [3.05, 3.63) is 12.3 Å². The maximum atomic E-state index is 12.0. The van der Waals surface area contributed by atoms with E-state index in [4.69, 9.17) is 0 Å². The van der Waals surface area contributed by atoms with Gasteiger partial charge in [-0.15, -0.1) is 0 Å². The summed E-state index contributed by atoms with van der Waals surface area (Å²) >= 11 is 0. The van der Waals surface area contributed by atoms with Gasteiger partial charge in [0.05, 0.1) is 0 Å². The highest BCUT2D eigenvalue weighted by Crippen LogP contribution is 2.29. The van der Waals surface area contributed by atoms with Gasteiger partial charge in [-0.05, 0) is 11.8 Å². The molecule has 2 nitrogen and oxygen atoms in total. The van der Waals surface area contributed by atoms with Gasteiger partial charge in [0.2, 0.25) is 0 Å². The number of halogens is 3. The highest BCUT2D eigenvalue weighted by molar-refractivity contribution is 5.82. The van der Waals surface area contributed by atoms with Crippen molar-refractivity contribution in [2.75, 3.05) is 6.54 Å². The first kappa shape index (κ1) is 11.1. The minimum atomic E-state index is -4.77. The fourth-order valence-electron chi connectivity index (χ4n) is 1.19. The molecule has 80 valence electrons. The van der Waals surface area contributed by atoms with Crippen LogP contribution in [-0.4, -0.2) is 23.5 Å².